The summed E-state index contributed by atoms with van der Waals surface area (Å²) in [7, 11) is 1.28. The summed E-state index contributed by atoms with van der Waals surface area (Å²) in [6, 6.07) is 5.93. The van der Waals surface area contributed by atoms with Crippen molar-refractivity contribution in [3.05, 3.63) is 51.7 Å². The third kappa shape index (κ3) is 4.17. The number of aliphatic imine (C=N–C) groups is 1. The Morgan fingerprint density at radius 2 is 2.00 bits per heavy atom. The fraction of sp³-hybridized carbons (Fsp3) is 0.167. The van der Waals surface area contributed by atoms with Crippen molar-refractivity contribution in [2.45, 2.75) is 6.92 Å². The minimum absolute atomic E-state index is 0.0222. The standard InChI is InChI=1S/C12H12N2O4/c1-9(7-12(15)18-2)13-8-10-3-5-11(6-4-10)14(16)17/h3-8H,1-2H3/b9-7+,13-8?. The molecule has 0 radical (unpaired) electrons. The van der Waals surface area contributed by atoms with E-state index in [1.165, 1.54) is 31.5 Å². The quantitative estimate of drug-likeness (QED) is 0.268. The van der Waals surface area contributed by atoms with Crippen LogP contribution in [-0.2, 0) is 9.53 Å². The molecule has 0 fully saturated rings. The molecule has 0 saturated heterocycles. The van der Waals surface area contributed by atoms with Crippen LogP contribution in [0.5, 0.6) is 0 Å². The summed E-state index contributed by atoms with van der Waals surface area (Å²) >= 11 is 0. The van der Waals surface area contributed by atoms with Crippen LogP contribution in [0.15, 0.2) is 41.0 Å². The molecule has 0 aliphatic heterocycles. The molecule has 0 heterocycles. The lowest BCUT2D eigenvalue weighted by Gasteiger charge is -1.95. The first kappa shape index (κ1) is 13.6. The fourth-order valence-electron chi connectivity index (χ4n) is 1.13. The lowest BCUT2D eigenvalue weighted by atomic mass is 10.2. The van der Waals surface area contributed by atoms with E-state index in [4.69, 9.17) is 0 Å². The van der Waals surface area contributed by atoms with E-state index in [0.717, 1.165) is 0 Å². The third-order valence-electron chi connectivity index (χ3n) is 2.05. The predicted molar refractivity (Wildman–Crippen MR) is 66.5 cm³/mol. The zero-order valence-electron chi connectivity index (χ0n) is 9.99. The van der Waals surface area contributed by atoms with Crippen LogP contribution in [0.1, 0.15) is 12.5 Å². The molecular weight excluding hydrogens is 236 g/mol. The molecule has 18 heavy (non-hydrogen) atoms. The molecule has 0 aliphatic rings. The summed E-state index contributed by atoms with van der Waals surface area (Å²) in [4.78, 5) is 24.9. The van der Waals surface area contributed by atoms with Crippen LogP contribution in [0.3, 0.4) is 0 Å². The molecule has 0 atom stereocenters. The van der Waals surface area contributed by atoms with E-state index in [2.05, 4.69) is 9.73 Å². The highest BCUT2D eigenvalue weighted by atomic mass is 16.6. The van der Waals surface area contributed by atoms with Gasteiger partial charge >= 0.3 is 5.97 Å². The molecule has 6 heteroatoms. The molecule has 94 valence electrons. The zero-order valence-corrected chi connectivity index (χ0v) is 9.99. The van der Waals surface area contributed by atoms with Gasteiger partial charge in [-0.3, -0.25) is 15.1 Å². The Balaban J connectivity index is 2.76. The first-order valence-electron chi connectivity index (χ1n) is 5.07. The summed E-state index contributed by atoms with van der Waals surface area (Å²) in [6.07, 6.45) is 2.76. The zero-order chi connectivity index (χ0) is 13.5. The summed E-state index contributed by atoms with van der Waals surface area (Å²) in [5.74, 6) is -0.478. The lowest BCUT2D eigenvalue weighted by Crippen LogP contribution is -1.95. The van der Waals surface area contributed by atoms with Gasteiger partial charge in [0.25, 0.3) is 5.69 Å². The molecule has 0 saturated carbocycles. The molecule has 0 N–H and O–H groups in total. The number of carbonyl (C=O) groups excluding carboxylic acids is 1. The number of esters is 1. The van der Waals surface area contributed by atoms with Gasteiger partial charge in [-0.05, 0) is 24.6 Å². The van der Waals surface area contributed by atoms with Crippen LogP contribution in [0.2, 0.25) is 0 Å². The van der Waals surface area contributed by atoms with Gasteiger partial charge in [-0.25, -0.2) is 4.79 Å². The average Bonchev–Trinajstić information content (AvgIpc) is 2.36. The number of nitro groups is 1. The van der Waals surface area contributed by atoms with Gasteiger partial charge in [0, 0.05) is 30.1 Å². The van der Waals surface area contributed by atoms with Gasteiger partial charge in [-0.2, -0.15) is 0 Å². The number of methoxy groups -OCH3 is 1. The predicted octanol–water partition coefficient (Wildman–Crippen LogP) is 2.09. The molecule has 0 spiro atoms. The lowest BCUT2D eigenvalue weighted by molar-refractivity contribution is -0.384. The summed E-state index contributed by atoms with van der Waals surface area (Å²) in [5.41, 5.74) is 1.22. The number of nitro benzene ring substituents is 1. The van der Waals surface area contributed by atoms with Crippen LogP contribution < -0.4 is 0 Å². The monoisotopic (exact) mass is 248 g/mol. The second kappa shape index (κ2) is 6.29. The number of nitrogens with zero attached hydrogens (tertiary/aromatic N) is 2. The second-order valence-corrected chi connectivity index (χ2v) is 3.42. The largest absolute Gasteiger partial charge is 0.466 e. The van der Waals surface area contributed by atoms with Crippen molar-refractivity contribution >= 4 is 17.9 Å². The van der Waals surface area contributed by atoms with Crippen molar-refractivity contribution in [2.24, 2.45) is 4.99 Å². The van der Waals surface area contributed by atoms with E-state index in [1.807, 2.05) is 0 Å². The Morgan fingerprint density at radius 1 is 1.39 bits per heavy atom. The van der Waals surface area contributed by atoms with Crippen LogP contribution >= 0.6 is 0 Å². The number of hydrogen-bond acceptors (Lipinski definition) is 5. The van der Waals surface area contributed by atoms with Crippen molar-refractivity contribution in [2.75, 3.05) is 7.11 Å². The number of non-ortho nitro benzene ring substituents is 1. The van der Waals surface area contributed by atoms with Crippen molar-refractivity contribution in [1.82, 2.24) is 0 Å². The number of benzene rings is 1. The van der Waals surface area contributed by atoms with E-state index in [0.29, 0.717) is 11.3 Å². The number of carbonyl (C=O) groups is 1. The fourth-order valence-corrected chi connectivity index (χ4v) is 1.13. The van der Waals surface area contributed by atoms with Crippen LogP contribution in [-0.4, -0.2) is 24.2 Å². The molecule has 1 aromatic rings. The van der Waals surface area contributed by atoms with E-state index >= 15 is 0 Å². The van der Waals surface area contributed by atoms with Gasteiger partial charge in [0.2, 0.25) is 0 Å². The maximum absolute atomic E-state index is 10.9. The Bertz CT molecular complexity index is 503. The van der Waals surface area contributed by atoms with E-state index in [-0.39, 0.29) is 5.69 Å². The van der Waals surface area contributed by atoms with Gasteiger partial charge in [0.1, 0.15) is 0 Å². The Morgan fingerprint density at radius 3 is 2.50 bits per heavy atom. The van der Waals surface area contributed by atoms with Crippen LogP contribution in [0.25, 0.3) is 0 Å². The van der Waals surface area contributed by atoms with Gasteiger partial charge in [-0.15, -0.1) is 0 Å². The maximum atomic E-state index is 10.9. The average molecular weight is 248 g/mol. The summed E-state index contributed by atoms with van der Waals surface area (Å²) < 4.78 is 4.45. The van der Waals surface area contributed by atoms with Crippen LogP contribution in [0, 0.1) is 10.1 Å². The summed E-state index contributed by atoms with van der Waals surface area (Å²) in [5, 5.41) is 10.4. The van der Waals surface area contributed by atoms with Crippen LogP contribution in [0.4, 0.5) is 5.69 Å². The van der Waals surface area contributed by atoms with Gasteiger partial charge in [0.05, 0.1) is 12.0 Å². The highest BCUT2D eigenvalue weighted by molar-refractivity contribution is 5.84. The van der Waals surface area contributed by atoms with Crippen molar-refractivity contribution in [3.63, 3.8) is 0 Å². The Kier molecular flexibility index (Phi) is 4.74. The molecule has 1 rings (SSSR count). The molecular formula is C12H12N2O4. The second-order valence-electron chi connectivity index (χ2n) is 3.42. The first-order valence-corrected chi connectivity index (χ1v) is 5.07. The number of ether oxygens (including phenoxy) is 1. The molecule has 0 bridgehead atoms. The van der Waals surface area contributed by atoms with E-state index in [9.17, 15) is 14.9 Å². The number of allylic oxidation sites excluding steroid dienone is 1. The van der Waals surface area contributed by atoms with Crippen molar-refractivity contribution in [1.29, 1.82) is 0 Å². The van der Waals surface area contributed by atoms with Crippen molar-refractivity contribution in [3.8, 4) is 0 Å². The Labute approximate surface area is 104 Å². The molecule has 6 nitrogen and oxygen atoms in total. The maximum Gasteiger partial charge on any atom is 0.332 e. The SMILES string of the molecule is COC(=O)/C=C(\C)N=Cc1ccc([N+](=O)[O-])cc1. The normalized spacial score (nSPS) is 11.6. The molecule has 0 aromatic heterocycles. The Hall–Kier alpha value is -2.50. The molecule has 1 aromatic carbocycles. The minimum Gasteiger partial charge on any atom is -0.466 e. The highest BCUT2D eigenvalue weighted by Gasteiger charge is 2.02. The van der Waals surface area contributed by atoms with E-state index < -0.39 is 10.9 Å². The summed E-state index contributed by atoms with van der Waals surface area (Å²) in [6.45, 7) is 1.65. The molecule has 0 amide bonds. The van der Waals surface area contributed by atoms with Gasteiger partial charge < -0.3 is 4.74 Å². The van der Waals surface area contributed by atoms with Crippen molar-refractivity contribution < 1.29 is 14.5 Å². The third-order valence-corrected chi connectivity index (χ3v) is 2.05. The molecule has 0 unspecified atom stereocenters. The first-order chi connectivity index (χ1) is 8.52. The topological polar surface area (TPSA) is 81.8 Å². The van der Waals surface area contributed by atoms with E-state index in [1.54, 1.807) is 19.1 Å². The molecule has 0 aliphatic carbocycles. The number of hydrogen-bond donors (Lipinski definition) is 0. The number of rotatable bonds is 4. The van der Waals surface area contributed by atoms with Gasteiger partial charge in [0.15, 0.2) is 0 Å². The van der Waals surface area contributed by atoms with Gasteiger partial charge in [-0.1, -0.05) is 0 Å². The smallest absolute Gasteiger partial charge is 0.332 e. The highest BCUT2D eigenvalue weighted by Crippen LogP contribution is 2.10. The minimum atomic E-state index is -0.478.